The SMILES string of the molecule is COC1CCN(C(=O)C2CCN(c3ccnc4c3c(/C=C3\Oc5ccc(NC(=O)Nc6cccnc6)cc5C3=O)cn4C)CC2)C1. The maximum Gasteiger partial charge on any atom is 0.323 e. The molecule has 7 rings (SSSR count). The molecule has 1 aromatic carbocycles. The highest BCUT2D eigenvalue weighted by atomic mass is 16.5. The summed E-state index contributed by atoms with van der Waals surface area (Å²) in [4.78, 5) is 52.1. The summed E-state index contributed by atoms with van der Waals surface area (Å²) < 4.78 is 13.4. The lowest BCUT2D eigenvalue weighted by atomic mass is 9.94. The van der Waals surface area contributed by atoms with Gasteiger partial charge in [0.05, 0.1) is 23.6 Å². The number of aromatic nitrogens is 3. The molecule has 6 heterocycles. The summed E-state index contributed by atoms with van der Waals surface area (Å²) in [7, 11) is 3.63. The van der Waals surface area contributed by atoms with Crippen molar-refractivity contribution in [1.82, 2.24) is 19.4 Å². The van der Waals surface area contributed by atoms with E-state index in [4.69, 9.17) is 9.47 Å². The third kappa shape index (κ3) is 5.67. The number of nitrogens with zero attached hydrogens (tertiary/aromatic N) is 5. The zero-order chi connectivity index (χ0) is 31.8. The van der Waals surface area contributed by atoms with Gasteiger partial charge in [0, 0.05) is 87.2 Å². The van der Waals surface area contributed by atoms with Gasteiger partial charge in [-0.2, -0.15) is 0 Å². The normalized spacial score (nSPS) is 19.0. The van der Waals surface area contributed by atoms with Crippen LogP contribution in [0.1, 0.15) is 35.2 Å². The molecule has 0 radical (unpaired) electrons. The van der Waals surface area contributed by atoms with Crippen LogP contribution in [0.3, 0.4) is 0 Å². The second kappa shape index (κ2) is 12.3. The number of aryl methyl sites for hydroxylation is 1. The third-order valence-corrected chi connectivity index (χ3v) is 8.97. The lowest BCUT2D eigenvalue weighted by molar-refractivity contribution is -0.135. The minimum Gasteiger partial charge on any atom is -0.452 e. The molecule has 236 valence electrons. The molecule has 2 N–H and O–H groups in total. The monoisotopic (exact) mass is 621 g/mol. The number of urea groups is 1. The number of allylic oxidation sites excluding steroid dienone is 1. The third-order valence-electron chi connectivity index (χ3n) is 8.97. The predicted octanol–water partition coefficient (Wildman–Crippen LogP) is 4.69. The standard InChI is InChI=1S/C34H35N7O5/c1-39-19-22(16-29-31(42)26-17-23(5-6-28(26)46-29)37-34(44)38-24-4-3-11-35-18-24)30-27(7-12-36-32(30)39)40-13-8-21(9-14-40)33(43)41-15-10-25(20-41)45-2/h3-7,11-12,16-19,21,25H,8-10,13-15,20H2,1-2H3,(H2,37,38,44)/b29-16-. The Balaban J connectivity index is 1.08. The molecule has 1 unspecified atom stereocenters. The van der Waals surface area contributed by atoms with E-state index in [1.165, 1.54) is 0 Å². The fraction of sp³-hybridized carbons (Fsp3) is 0.324. The molecule has 12 heteroatoms. The quantitative estimate of drug-likeness (QED) is 0.297. The molecule has 46 heavy (non-hydrogen) atoms. The lowest BCUT2D eigenvalue weighted by Gasteiger charge is -2.35. The van der Waals surface area contributed by atoms with E-state index in [-0.39, 0.29) is 29.5 Å². The molecular formula is C34H35N7O5. The first-order valence-corrected chi connectivity index (χ1v) is 15.4. The van der Waals surface area contributed by atoms with Crippen molar-refractivity contribution in [3.8, 4) is 5.75 Å². The number of carbonyl (C=O) groups is 3. The number of amides is 3. The molecule has 0 saturated carbocycles. The molecule has 12 nitrogen and oxygen atoms in total. The van der Waals surface area contributed by atoms with Crippen LogP contribution in [0, 0.1) is 5.92 Å². The molecule has 2 saturated heterocycles. The highest BCUT2D eigenvalue weighted by molar-refractivity contribution is 6.16. The number of hydrogen-bond acceptors (Lipinski definition) is 8. The molecule has 0 spiro atoms. The van der Waals surface area contributed by atoms with Gasteiger partial charge in [0.1, 0.15) is 11.4 Å². The number of rotatable bonds is 6. The number of ether oxygens (including phenoxy) is 2. The van der Waals surface area contributed by atoms with E-state index < -0.39 is 6.03 Å². The molecular weight excluding hydrogens is 586 g/mol. The van der Waals surface area contributed by atoms with E-state index in [1.54, 1.807) is 62.1 Å². The molecule has 3 aromatic heterocycles. The van der Waals surface area contributed by atoms with Crippen molar-refractivity contribution in [1.29, 1.82) is 0 Å². The van der Waals surface area contributed by atoms with Crippen molar-refractivity contribution in [3.63, 3.8) is 0 Å². The average Bonchev–Trinajstić information content (AvgIpc) is 3.77. The van der Waals surface area contributed by atoms with Gasteiger partial charge in [0.25, 0.3) is 0 Å². The highest BCUT2D eigenvalue weighted by Crippen LogP contribution is 2.37. The zero-order valence-corrected chi connectivity index (χ0v) is 25.7. The van der Waals surface area contributed by atoms with Gasteiger partial charge < -0.3 is 34.5 Å². The first-order chi connectivity index (χ1) is 22.4. The second-order valence-electron chi connectivity index (χ2n) is 11.9. The van der Waals surface area contributed by atoms with Crippen LogP contribution < -0.4 is 20.3 Å². The molecule has 3 amide bonds. The van der Waals surface area contributed by atoms with E-state index in [0.717, 1.165) is 61.2 Å². The maximum absolute atomic E-state index is 13.5. The second-order valence-corrected chi connectivity index (χ2v) is 11.9. The van der Waals surface area contributed by atoms with Crippen molar-refractivity contribution >= 4 is 51.9 Å². The topological polar surface area (TPSA) is 131 Å². The number of nitrogens with one attached hydrogen (secondary N) is 2. The molecule has 2 fully saturated rings. The van der Waals surface area contributed by atoms with Crippen LogP contribution >= 0.6 is 0 Å². The fourth-order valence-electron chi connectivity index (χ4n) is 6.58. The summed E-state index contributed by atoms with van der Waals surface area (Å²) in [6.45, 7) is 2.92. The van der Waals surface area contributed by atoms with Crippen molar-refractivity contribution in [2.75, 3.05) is 48.8 Å². The molecule has 1 atom stereocenters. The van der Waals surface area contributed by atoms with E-state index in [0.29, 0.717) is 29.2 Å². The van der Waals surface area contributed by atoms with Crippen LogP contribution in [0.4, 0.5) is 21.9 Å². The Morgan fingerprint density at radius 3 is 2.63 bits per heavy atom. The van der Waals surface area contributed by atoms with Gasteiger partial charge in [-0.3, -0.25) is 14.6 Å². The van der Waals surface area contributed by atoms with Gasteiger partial charge in [-0.05, 0) is 61.7 Å². The minimum absolute atomic E-state index is 0.00497. The minimum atomic E-state index is -0.449. The Morgan fingerprint density at radius 2 is 1.87 bits per heavy atom. The summed E-state index contributed by atoms with van der Waals surface area (Å²) in [6.07, 6.45) is 11.2. The number of methoxy groups -OCH3 is 1. The van der Waals surface area contributed by atoms with Crippen LogP contribution in [-0.2, 0) is 16.6 Å². The summed E-state index contributed by atoms with van der Waals surface area (Å²) >= 11 is 0. The fourth-order valence-corrected chi connectivity index (χ4v) is 6.58. The highest BCUT2D eigenvalue weighted by Gasteiger charge is 2.34. The average molecular weight is 622 g/mol. The largest absolute Gasteiger partial charge is 0.452 e. The van der Waals surface area contributed by atoms with Gasteiger partial charge >= 0.3 is 6.03 Å². The Bertz CT molecular complexity index is 1850. The number of anilines is 3. The Labute approximate surface area is 266 Å². The van der Waals surface area contributed by atoms with Gasteiger partial charge in [0.2, 0.25) is 11.7 Å². The van der Waals surface area contributed by atoms with E-state index >= 15 is 0 Å². The first-order valence-electron chi connectivity index (χ1n) is 15.4. The number of pyridine rings is 2. The number of fused-ring (bicyclic) bond motifs is 2. The van der Waals surface area contributed by atoms with Gasteiger partial charge in [-0.25, -0.2) is 9.78 Å². The summed E-state index contributed by atoms with van der Waals surface area (Å²) in [6, 6.07) is 9.97. The van der Waals surface area contributed by atoms with Gasteiger partial charge in [-0.1, -0.05) is 0 Å². The maximum atomic E-state index is 13.5. The summed E-state index contributed by atoms with van der Waals surface area (Å²) in [5, 5.41) is 6.39. The van der Waals surface area contributed by atoms with E-state index in [9.17, 15) is 14.4 Å². The molecule has 0 aliphatic carbocycles. The number of carbonyl (C=O) groups excluding carboxylic acids is 3. The van der Waals surface area contributed by atoms with Crippen molar-refractivity contribution in [2.45, 2.75) is 25.4 Å². The number of benzene rings is 1. The van der Waals surface area contributed by atoms with Crippen LogP contribution in [0.15, 0.2) is 66.9 Å². The van der Waals surface area contributed by atoms with Crippen LogP contribution in [0.2, 0.25) is 0 Å². The van der Waals surface area contributed by atoms with Crippen LogP contribution in [0.25, 0.3) is 17.1 Å². The van der Waals surface area contributed by atoms with Crippen molar-refractivity contribution in [3.05, 3.63) is 78.1 Å². The van der Waals surface area contributed by atoms with Crippen LogP contribution in [0.5, 0.6) is 5.75 Å². The summed E-state index contributed by atoms with van der Waals surface area (Å²) in [5.74, 6) is 0.581. The number of Topliss-reactive ketones (excluding diaryl/α,β-unsaturated/α-hetero) is 1. The number of piperidine rings is 1. The molecule has 3 aliphatic heterocycles. The van der Waals surface area contributed by atoms with Gasteiger partial charge in [-0.15, -0.1) is 0 Å². The smallest absolute Gasteiger partial charge is 0.323 e. The van der Waals surface area contributed by atoms with E-state index in [2.05, 4.69) is 25.5 Å². The number of hydrogen-bond donors (Lipinski definition) is 2. The predicted molar refractivity (Wildman–Crippen MR) is 174 cm³/mol. The lowest BCUT2D eigenvalue weighted by Crippen LogP contribution is -2.42. The Morgan fingerprint density at radius 1 is 1.04 bits per heavy atom. The van der Waals surface area contributed by atoms with Crippen molar-refractivity contribution in [2.24, 2.45) is 13.0 Å². The molecule has 3 aliphatic rings. The number of ketones is 1. The summed E-state index contributed by atoms with van der Waals surface area (Å²) in [5.41, 5.74) is 3.99. The Hall–Kier alpha value is -5.23. The Kier molecular flexibility index (Phi) is 7.87. The van der Waals surface area contributed by atoms with Gasteiger partial charge in [0.15, 0.2) is 5.76 Å². The zero-order valence-electron chi connectivity index (χ0n) is 25.7. The van der Waals surface area contributed by atoms with Crippen LogP contribution in [-0.4, -0.2) is 76.5 Å². The van der Waals surface area contributed by atoms with E-state index in [1.807, 2.05) is 28.8 Å². The first kappa shape index (κ1) is 29.5. The van der Waals surface area contributed by atoms with Crippen molar-refractivity contribution < 1.29 is 23.9 Å². The molecule has 0 bridgehead atoms. The number of likely N-dealkylation sites (tertiary alicyclic amines) is 1. The molecule has 4 aromatic rings.